The molecule has 1 aromatic carbocycles. The molecule has 43 heavy (non-hydrogen) atoms. The Kier molecular flexibility index (Phi) is 8.05. The van der Waals surface area contributed by atoms with Crippen molar-refractivity contribution < 1.29 is 42.3 Å². The molecule has 3 N–H and O–H groups in total. The Hall–Kier alpha value is -4.60. The van der Waals surface area contributed by atoms with Gasteiger partial charge in [-0.15, -0.1) is 5.10 Å². The minimum atomic E-state index is -5.08. The zero-order chi connectivity index (χ0) is 30.9. The second-order valence-electron chi connectivity index (χ2n) is 10.7. The van der Waals surface area contributed by atoms with Crippen LogP contribution in [-0.4, -0.2) is 96.9 Å². The van der Waals surface area contributed by atoms with E-state index >= 15 is 0 Å². The number of hydrogen-bond acceptors (Lipinski definition) is 8. The van der Waals surface area contributed by atoms with E-state index < -0.39 is 24.1 Å². The van der Waals surface area contributed by atoms with Crippen molar-refractivity contribution in [1.82, 2.24) is 35.4 Å². The molecule has 4 amide bonds. The number of benzene rings is 1. The van der Waals surface area contributed by atoms with E-state index in [0.29, 0.717) is 30.8 Å². The van der Waals surface area contributed by atoms with Gasteiger partial charge in [0.1, 0.15) is 6.04 Å². The predicted octanol–water partition coefficient (Wildman–Crippen LogP) is 1.19. The second-order valence-corrected chi connectivity index (χ2v) is 10.7. The van der Waals surface area contributed by atoms with Crippen LogP contribution in [0.1, 0.15) is 58.5 Å². The molecular weight excluding hydrogens is 575 g/mol. The van der Waals surface area contributed by atoms with Crippen molar-refractivity contribution in [3.8, 4) is 5.69 Å². The highest BCUT2D eigenvalue weighted by molar-refractivity contribution is 6.05. The van der Waals surface area contributed by atoms with Crippen LogP contribution in [-0.2, 0) is 20.9 Å². The van der Waals surface area contributed by atoms with Gasteiger partial charge >= 0.3 is 12.1 Å². The van der Waals surface area contributed by atoms with Gasteiger partial charge in [0.25, 0.3) is 11.8 Å². The molecule has 13 nitrogen and oxygen atoms in total. The third-order valence-electron chi connectivity index (χ3n) is 8.05. The molecule has 4 aliphatic heterocycles. The number of nitrogens with zero attached hydrogens (tertiary/aromatic N) is 5. The molecule has 2 atom stereocenters. The van der Waals surface area contributed by atoms with Crippen molar-refractivity contribution in [2.75, 3.05) is 19.6 Å². The van der Waals surface area contributed by atoms with Crippen molar-refractivity contribution in [3.63, 3.8) is 0 Å². The van der Waals surface area contributed by atoms with Crippen LogP contribution in [0.3, 0.4) is 0 Å². The number of halogens is 3. The molecule has 16 heteroatoms. The maximum absolute atomic E-state index is 13.1. The molecule has 5 heterocycles. The maximum Gasteiger partial charge on any atom is 0.490 e. The number of alkyl halides is 3. The number of carboxylic acid groups (broad SMARTS) is 1. The maximum atomic E-state index is 13.1. The van der Waals surface area contributed by atoms with E-state index in [0.717, 1.165) is 37.9 Å². The molecule has 2 unspecified atom stereocenters. The number of nitrogens with one attached hydrogen (secondary N) is 2. The van der Waals surface area contributed by atoms with Gasteiger partial charge in [-0.05, 0) is 49.9 Å². The highest BCUT2D eigenvalue weighted by Crippen LogP contribution is 2.34. The van der Waals surface area contributed by atoms with Gasteiger partial charge in [0, 0.05) is 37.2 Å². The van der Waals surface area contributed by atoms with E-state index in [-0.39, 0.29) is 35.4 Å². The zero-order valence-electron chi connectivity index (χ0n) is 22.8. The monoisotopic (exact) mass is 603 g/mol. The van der Waals surface area contributed by atoms with E-state index in [1.165, 1.54) is 9.58 Å². The van der Waals surface area contributed by atoms with Gasteiger partial charge in [-0.25, -0.2) is 9.48 Å². The summed E-state index contributed by atoms with van der Waals surface area (Å²) in [7, 11) is 0. The molecule has 2 saturated heterocycles. The van der Waals surface area contributed by atoms with Crippen LogP contribution < -0.4 is 10.6 Å². The fourth-order valence-corrected chi connectivity index (χ4v) is 5.80. The summed E-state index contributed by atoms with van der Waals surface area (Å²) in [6.07, 6.45) is 4.49. The Morgan fingerprint density at radius 3 is 2.67 bits per heavy atom. The fraction of sp³-hybridized carbons (Fsp3) is 0.444. The van der Waals surface area contributed by atoms with Gasteiger partial charge in [0.2, 0.25) is 11.8 Å². The van der Waals surface area contributed by atoms with Gasteiger partial charge in [-0.1, -0.05) is 23.4 Å². The lowest BCUT2D eigenvalue weighted by atomic mass is 9.89. The summed E-state index contributed by atoms with van der Waals surface area (Å²) in [5, 5.41) is 20.6. The molecule has 2 fully saturated rings. The Morgan fingerprint density at radius 2 is 1.95 bits per heavy atom. The molecule has 228 valence electrons. The van der Waals surface area contributed by atoms with E-state index in [4.69, 9.17) is 9.90 Å². The second kappa shape index (κ2) is 11.6. The number of piperidine rings is 1. The van der Waals surface area contributed by atoms with Crippen molar-refractivity contribution in [2.45, 2.75) is 56.4 Å². The van der Waals surface area contributed by atoms with E-state index in [1.807, 2.05) is 6.07 Å². The number of aliphatic carboxylic acids is 1. The topological polar surface area (TPSA) is 167 Å². The van der Waals surface area contributed by atoms with Gasteiger partial charge in [0.15, 0.2) is 5.69 Å². The number of hydrogen-bond donors (Lipinski definition) is 3. The lowest BCUT2D eigenvalue weighted by Crippen LogP contribution is -2.53. The van der Waals surface area contributed by atoms with Crippen molar-refractivity contribution in [1.29, 1.82) is 0 Å². The molecule has 0 spiro atoms. The molecule has 0 radical (unpaired) electrons. The minimum absolute atomic E-state index is 0.0187. The summed E-state index contributed by atoms with van der Waals surface area (Å²) in [4.78, 5) is 62.5. The highest BCUT2D eigenvalue weighted by Gasteiger charge is 2.42. The molecular formula is C27H28F3N7O6. The number of carbonyl (C=O) groups is 5. The summed E-state index contributed by atoms with van der Waals surface area (Å²) in [6, 6.07) is 4.66. The molecule has 6 rings (SSSR count). The number of aromatic nitrogens is 3. The Labute approximate surface area is 242 Å². The third-order valence-corrected chi connectivity index (χ3v) is 8.05. The smallest absolute Gasteiger partial charge is 0.475 e. The molecule has 2 aromatic rings. The van der Waals surface area contributed by atoms with Gasteiger partial charge in [0.05, 0.1) is 11.9 Å². The number of fused-ring (bicyclic) bond motifs is 2. The Bertz CT molecular complexity index is 1510. The number of imide groups is 1. The normalized spacial score (nSPS) is 23.3. The predicted molar refractivity (Wildman–Crippen MR) is 141 cm³/mol. The Balaban J connectivity index is 0.000000472. The lowest BCUT2D eigenvalue weighted by Gasteiger charge is -2.40. The quantitative estimate of drug-likeness (QED) is 0.336. The third kappa shape index (κ3) is 6.14. The molecule has 1 aromatic heterocycles. The van der Waals surface area contributed by atoms with E-state index in [9.17, 15) is 32.3 Å². The first-order valence-electron chi connectivity index (χ1n) is 13.6. The van der Waals surface area contributed by atoms with Crippen LogP contribution in [0.5, 0.6) is 0 Å². The average molecular weight is 604 g/mol. The molecule has 0 bridgehead atoms. The van der Waals surface area contributed by atoms with Crippen LogP contribution in [0, 0.1) is 0 Å². The van der Waals surface area contributed by atoms with Gasteiger partial charge in [-0.3, -0.25) is 29.4 Å². The summed E-state index contributed by atoms with van der Waals surface area (Å²) < 4.78 is 33.2. The minimum Gasteiger partial charge on any atom is -0.475 e. The van der Waals surface area contributed by atoms with Crippen molar-refractivity contribution in [2.24, 2.45) is 0 Å². The first kappa shape index (κ1) is 29.9. The van der Waals surface area contributed by atoms with Crippen molar-refractivity contribution in [3.05, 3.63) is 53.4 Å². The number of carbonyl (C=O) groups excluding carboxylic acids is 4. The summed E-state index contributed by atoms with van der Waals surface area (Å²) >= 11 is 0. The highest BCUT2D eigenvalue weighted by atomic mass is 19.4. The van der Waals surface area contributed by atoms with Gasteiger partial charge < -0.3 is 15.3 Å². The molecule has 4 aliphatic rings. The number of carboxylic acids is 1. The van der Waals surface area contributed by atoms with Crippen LogP contribution in [0.4, 0.5) is 13.2 Å². The zero-order valence-corrected chi connectivity index (χ0v) is 22.8. The van der Waals surface area contributed by atoms with Gasteiger partial charge in [-0.2, -0.15) is 13.2 Å². The largest absolute Gasteiger partial charge is 0.490 e. The number of rotatable bonds is 5. The standard InChI is InChI=1S/C25H27N7O4.C2HF3O2/c33-21-7-6-20(23(35)27-21)31-13-16-4-5-17(12-18(16)24(31)36)32-14-19(28-29-32)22(34)26-15-25-8-1-2-10-30(25)11-3-9-25;3-2(4,5)1(6)7/h1-2,4-5,12,14,20H,3,6-11,13,15H2,(H,26,34)(H,27,33,35);(H,6,7). The molecule has 0 saturated carbocycles. The summed E-state index contributed by atoms with van der Waals surface area (Å²) in [5.41, 5.74) is 2.06. The fourth-order valence-electron chi connectivity index (χ4n) is 5.80. The SMILES string of the molecule is O=C(O)C(F)(F)F.O=C1CCC(N2Cc3ccc(-n4cc(C(=O)NCC56CC=CCN5CCC6)nn4)cc3C2=O)C(=O)N1. The van der Waals surface area contributed by atoms with Crippen molar-refractivity contribution >= 4 is 29.6 Å². The molecule has 0 aliphatic carbocycles. The lowest BCUT2D eigenvalue weighted by molar-refractivity contribution is -0.192. The summed E-state index contributed by atoms with van der Waals surface area (Å²) in [5.74, 6) is -4.05. The van der Waals surface area contributed by atoms with Crippen LogP contribution >= 0.6 is 0 Å². The average Bonchev–Trinajstić information content (AvgIpc) is 3.69. The first-order chi connectivity index (χ1) is 20.4. The van der Waals surface area contributed by atoms with Crippen LogP contribution in [0.2, 0.25) is 0 Å². The van der Waals surface area contributed by atoms with E-state index in [2.05, 4.69) is 38.0 Å². The Morgan fingerprint density at radius 1 is 1.19 bits per heavy atom. The number of amides is 4. The first-order valence-corrected chi connectivity index (χ1v) is 13.6. The van der Waals surface area contributed by atoms with Crippen LogP contribution in [0.25, 0.3) is 5.69 Å². The van der Waals surface area contributed by atoms with Crippen LogP contribution in [0.15, 0.2) is 36.5 Å². The van der Waals surface area contributed by atoms with E-state index in [1.54, 1.807) is 18.3 Å². The summed E-state index contributed by atoms with van der Waals surface area (Å²) in [6.45, 7) is 2.84.